The average molecular weight is 296 g/mol. The topological polar surface area (TPSA) is 78.9 Å². The summed E-state index contributed by atoms with van der Waals surface area (Å²) in [4.78, 5) is 22.2. The van der Waals surface area contributed by atoms with Crippen molar-refractivity contribution in [2.75, 3.05) is 0 Å². The Kier molecular flexibility index (Phi) is 2.97. The van der Waals surface area contributed by atoms with Crippen LogP contribution in [0.3, 0.4) is 0 Å². The lowest BCUT2D eigenvalue weighted by atomic mass is 10.2. The van der Waals surface area contributed by atoms with Crippen LogP contribution < -0.4 is 5.56 Å². The Balaban J connectivity index is 2.65. The van der Waals surface area contributed by atoms with E-state index in [-0.39, 0.29) is 10.4 Å². The van der Waals surface area contributed by atoms with Crippen LogP contribution in [0, 0.1) is 13.8 Å². The molecule has 88 valence electrons. The summed E-state index contributed by atoms with van der Waals surface area (Å²) >= 11 is 2.95. The zero-order valence-corrected chi connectivity index (χ0v) is 10.9. The van der Waals surface area contributed by atoms with Crippen molar-refractivity contribution in [2.45, 2.75) is 13.8 Å². The number of aromatic nitrogens is 3. The summed E-state index contributed by atoms with van der Waals surface area (Å²) in [6, 6.07) is 3.58. The van der Waals surface area contributed by atoms with Crippen LogP contribution in [0.15, 0.2) is 21.4 Å². The quantitative estimate of drug-likeness (QED) is 0.842. The largest absolute Gasteiger partial charge is 0.492 e. The molecule has 0 spiro atoms. The number of pyridine rings is 1. The third-order valence-corrected chi connectivity index (χ3v) is 2.91. The van der Waals surface area contributed by atoms with Gasteiger partial charge in [0, 0.05) is 17.0 Å². The summed E-state index contributed by atoms with van der Waals surface area (Å²) in [7, 11) is 0. The van der Waals surface area contributed by atoms with Crippen LogP contribution in [0.1, 0.15) is 11.4 Å². The number of halogens is 1. The predicted molar refractivity (Wildman–Crippen MR) is 66.9 cm³/mol. The van der Waals surface area contributed by atoms with Crippen molar-refractivity contribution in [3.05, 3.63) is 38.3 Å². The van der Waals surface area contributed by atoms with Gasteiger partial charge in [0.25, 0.3) is 5.56 Å². The first kappa shape index (κ1) is 11.8. The predicted octanol–water partition coefficient (Wildman–Crippen LogP) is 1.92. The maximum atomic E-state index is 11.5. The molecule has 0 saturated heterocycles. The molecule has 0 aliphatic rings. The smallest absolute Gasteiger partial charge is 0.269 e. The van der Waals surface area contributed by atoms with Crippen LogP contribution in [0.25, 0.3) is 11.4 Å². The van der Waals surface area contributed by atoms with E-state index in [9.17, 15) is 9.90 Å². The number of rotatable bonds is 1. The molecule has 0 bridgehead atoms. The zero-order valence-electron chi connectivity index (χ0n) is 9.28. The van der Waals surface area contributed by atoms with Crippen LogP contribution >= 0.6 is 15.9 Å². The van der Waals surface area contributed by atoms with Crippen molar-refractivity contribution >= 4 is 15.9 Å². The molecule has 0 atom stereocenters. The number of aryl methyl sites for hydroxylation is 2. The monoisotopic (exact) mass is 295 g/mol. The first-order valence-electron chi connectivity index (χ1n) is 4.92. The number of aromatic amines is 1. The van der Waals surface area contributed by atoms with E-state index >= 15 is 0 Å². The Hall–Kier alpha value is -1.69. The number of nitrogens with one attached hydrogen (secondary N) is 1. The molecule has 0 radical (unpaired) electrons. The van der Waals surface area contributed by atoms with E-state index in [1.165, 1.54) is 0 Å². The molecule has 0 aliphatic carbocycles. The lowest BCUT2D eigenvalue weighted by Gasteiger charge is -2.04. The number of H-pyrrole nitrogens is 1. The number of hydrogen-bond acceptors (Lipinski definition) is 4. The highest BCUT2D eigenvalue weighted by molar-refractivity contribution is 9.10. The molecule has 0 fully saturated rings. The van der Waals surface area contributed by atoms with Crippen LogP contribution in [0.4, 0.5) is 0 Å². The van der Waals surface area contributed by atoms with Crippen molar-refractivity contribution in [3.8, 4) is 17.3 Å². The fourth-order valence-electron chi connectivity index (χ4n) is 1.55. The van der Waals surface area contributed by atoms with Gasteiger partial charge in [0.05, 0.1) is 0 Å². The molecule has 6 heteroatoms. The van der Waals surface area contributed by atoms with Gasteiger partial charge in [-0.25, -0.2) is 0 Å². The van der Waals surface area contributed by atoms with Crippen LogP contribution in [0.2, 0.25) is 0 Å². The zero-order chi connectivity index (χ0) is 12.6. The molecule has 2 heterocycles. The molecule has 0 unspecified atom stereocenters. The normalized spacial score (nSPS) is 10.5. The van der Waals surface area contributed by atoms with Gasteiger partial charge in [-0.05, 0) is 41.9 Å². The molecule has 2 rings (SSSR count). The summed E-state index contributed by atoms with van der Waals surface area (Å²) in [6.45, 7) is 3.71. The van der Waals surface area contributed by atoms with Gasteiger partial charge in [-0.2, -0.15) is 4.98 Å². The van der Waals surface area contributed by atoms with E-state index in [1.807, 2.05) is 13.8 Å². The standard InChI is InChI=1S/C11H10BrN3O2/c1-5-3-7(4-6(2)13-5)9-14-10(16)8(12)11(17)15-9/h3-4H,1-2H3,(H2,14,15,16,17). The molecule has 17 heavy (non-hydrogen) atoms. The summed E-state index contributed by atoms with van der Waals surface area (Å²) in [5.41, 5.74) is 1.95. The van der Waals surface area contributed by atoms with Gasteiger partial charge in [0.2, 0.25) is 5.88 Å². The van der Waals surface area contributed by atoms with E-state index in [4.69, 9.17) is 0 Å². The van der Waals surface area contributed by atoms with Crippen LogP contribution in [-0.2, 0) is 0 Å². The fraction of sp³-hybridized carbons (Fsp3) is 0.182. The second kappa shape index (κ2) is 4.29. The fourth-order valence-corrected chi connectivity index (χ4v) is 1.74. The SMILES string of the molecule is Cc1cc(-c2nc(O)c(Br)c(=O)[nH]2)cc(C)n1. The third kappa shape index (κ3) is 2.36. The summed E-state index contributed by atoms with van der Waals surface area (Å²) < 4.78 is 0.0313. The lowest BCUT2D eigenvalue weighted by Crippen LogP contribution is -2.10. The highest BCUT2D eigenvalue weighted by Crippen LogP contribution is 2.21. The second-order valence-corrected chi connectivity index (χ2v) is 4.48. The van der Waals surface area contributed by atoms with Gasteiger partial charge in [-0.3, -0.25) is 9.78 Å². The van der Waals surface area contributed by atoms with Crippen LogP contribution in [0.5, 0.6) is 5.88 Å². The second-order valence-electron chi connectivity index (χ2n) is 3.69. The van der Waals surface area contributed by atoms with Gasteiger partial charge in [0.15, 0.2) is 0 Å². The Morgan fingerprint density at radius 2 is 1.82 bits per heavy atom. The summed E-state index contributed by atoms with van der Waals surface area (Å²) in [5.74, 6) is 0.000156. The molecule has 0 saturated carbocycles. The Bertz CT molecular complexity index is 617. The molecular weight excluding hydrogens is 286 g/mol. The molecule has 0 amide bonds. The van der Waals surface area contributed by atoms with E-state index in [1.54, 1.807) is 12.1 Å². The number of nitrogens with zero attached hydrogens (tertiary/aromatic N) is 2. The van der Waals surface area contributed by atoms with Gasteiger partial charge in [0.1, 0.15) is 10.3 Å². The minimum atomic E-state index is -0.417. The maximum absolute atomic E-state index is 11.5. The maximum Gasteiger partial charge on any atom is 0.269 e. The van der Waals surface area contributed by atoms with Crippen molar-refractivity contribution in [3.63, 3.8) is 0 Å². The molecule has 2 aromatic rings. The van der Waals surface area contributed by atoms with Gasteiger partial charge >= 0.3 is 0 Å². The average Bonchev–Trinajstić information content (AvgIpc) is 2.23. The van der Waals surface area contributed by atoms with Gasteiger partial charge in [-0.15, -0.1) is 0 Å². The minimum absolute atomic E-state index is 0.0313. The third-order valence-electron chi connectivity index (χ3n) is 2.20. The summed E-state index contributed by atoms with van der Waals surface area (Å²) in [6.07, 6.45) is 0. The van der Waals surface area contributed by atoms with E-state index in [2.05, 4.69) is 30.9 Å². The number of aromatic hydroxyl groups is 1. The van der Waals surface area contributed by atoms with Gasteiger partial charge in [-0.1, -0.05) is 0 Å². The first-order chi connectivity index (χ1) is 7.97. The molecule has 0 aromatic carbocycles. The minimum Gasteiger partial charge on any atom is -0.492 e. The molecule has 0 aliphatic heterocycles. The molecule has 2 aromatic heterocycles. The molecule has 5 nitrogen and oxygen atoms in total. The Morgan fingerprint density at radius 1 is 1.24 bits per heavy atom. The lowest BCUT2D eigenvalue weighted by molar-refractivity contribution is 0.448. The van der Waals surface area contributed by atoms with Gasteiger partial charge < -0.3 is 10.1 Å². The first-order valence-corrected chi connectivity index (χ1v) is 5.71. The Morgan fingerprint density at radius 3 is 2.35 bits per heavy atom. The van der Waals surface area contributed by atoms with Crippen molar-refractivity contribution < 1.29 is 5.11 Å². The highest BCUT2D eigenvalue weighted by Gasteiger charge is 2.09. The van der Waals surface area contributed by atoms with E-state index in [0.717, 1.165) is 17.0 Å². The van der Waals surface area contributed by atoms with E-state index in [0.29, 0.717) is 5.82 Å². The van der Waals surface area contributed by atoms with Crippen LogP contribution in [-0.4, -0.2) is 20.1 Å². The Labute approximate surface area is 106 Å². The molecule has 2 N–H and O–H groups in total. The van der Waals surface area contributed by atoms with Crippen molar-refractivity contribution in [1.29, 1.82) is 0 Å². The van der Waals surface area contributed by atoms with Crippen molar-refractivity contribution in [1.82, 2.24) is 15.0 Å². The van der Waals surface area contributed by atoms with E-state index < -0.39 is 5.56 Å². The highest BCUT2D eigenvalue weighted by atomic mass is 79.9. The summed E-state index contributed by atoms with van der Waals surface area (Å²) in [5, 5.41) is 9.49. The molecular formula is C11H10BrN3O2. The van der Waals surface area contributed by atoms with Crippen molar-refractivity contribution in [2.24, 2.45) is 0 Å². The number of hydrogen-bond donors (Lipinski definition) is 2.